The summed E-state index contributed by atoms with van der Waals surface area (Å²) in [4.78, 5) is 79.9. The molecule has 1 aromatic heterocycles. The third-order valence-electron chi connectivity index (χ3n) is 5.46. The number of carbonyl (C=O) groups is 6. The molecule has 1 aliphatic heterocycles. The number of nitrogens with one attached hydrogen (secondary N) is 3. The smallest absolute Gasteiger partial charge is 0.326 e. The first-order chi connectivity index (χ1) is 16.5. The van der Waals surface area contributed by atoms with E-state index in [0.29, 0.717) is 12.1 Å². The lowest BCUT2D eigenvalue weighted by Crippen LogP contribution is -2.57. The molecule has 4 atom stereocenters. The minimum absolute atomic E-state index is 0.162. The number of hydrogen-bond donors (Lipinski definition) is 7. The zero-order valence-electron chi connectivity index (χ0n) is 18.8. The van der Waals surface area contributed by atoms with Crippen LogP contribution in [0.3, 0.4) is 0 Å². The third-order valence-corrected chi connectivity index (χ3v) is 5.46. The van der Waals surface area contributed by atoms with Crippen LogP contribution in [0.15, 0.2) is 12.5 Å². The van der Waals surface area contributed by atoms with E-state index in [1.165, 1.54) is 17.4 Å². The summed E-state index contributed by atoms with van der Waals surface area (Å²) in [7, 11) is 0. The number of amides is 4. The van der Waals surface area contributed by atoms with Gasteiger partial charge in [0.25, 0.3) is 0 Å². The Morgan fingerprint density at radius 1 is 1.17 bits per heavy atom. The summed E-state index contributed by atoms with van der Waals surface area (Å²) in [5, 5.41) is 22.8. The summed E-state index contributed by atoms with van der Waals surface area (Å²) in [5.41, 5.74) is 11.6. The number of aromatic nitrogens is 2. The van der Waals surface area contributed by atoms with Crippen LogP contribution in [0.4, 0.5) is 0 Å². The highest BCUT2D eigenvalue weighted by Crippen LogP contribution is 2.19. The van der Waals surface area contributed by atoms with Crippen LogP contribution in [0, 0.1) is 0 Å². The Hall–Kier alpha value is -4.01. The Bertz CT molecular complexity index is 951. The Balaban J connectivity index is 2.07. The standard InChI is InChI=1S/C20H29N7O8/c21-11(6-10-8-23-9-24-10)19(33)27-5-1-2-14(27)18(32)26-13(7-16(29)30)17(31)25-12(20(34)35)3-4-15(22)28/h8-9,11-14H,1-7,21H2,(H2,22,28)(H,23,24)(H,25,31)(H,26,32)(H,29,30)(H,34,35). The van der Waals surface area contributed by atoms with Crippen molar-refractivity contribution < 1.29 is 39.0 Å². The minimum Gasteiger partial charge on any atom is -0.481 e. The van der Waals surface area contributed by atoms with Crippen LogP contribution in [-0.4, -0.2) is 91.4 Å². The monoisotopic (exact) mass is 495 g/mol. The fraction of sp³-hybridized carbons (Fsp3) is 0.550. The molecule has 1 aliphatic rings. The lowest BCUT2D eigenvalue weighted by molar-refractivity contribution is -0.144. The number of nitrogens with two attached hydrogens (primary N) is 2. The molecule has 4 unspecified atom stereocenters. The van der Waals surface area contributed by atoms with Crippen molar-refractivity contribution in [1.29, 1.82) is 0 Å². The molecule has 1 saturated heterocycles. The van der Waals surface area contributed by atoms with Crippen LogP contribution < -0.4 is 22.1 Å². The number of carboxylic acids is 2. The van der Waals surface area contributed by atoms with Crippen LogP contribution in [0.2, 0.25) is 0 Å². The summed E-state index contributed by atoms with van der Waals surface area (Å²) in [5.74, 6) is -5.99. The molecule has 0 saturated carbocycles. The average Bonchev–Trinajstić information content (AvgIpc) is 3.46. The molecule has 15 heteroatoms. The highest BCUT2D eigenvalue weighted by molar-refractivity contribution is 5.96. The number of H-pyrrole nitrogens is 1. The van der Waals surface area contributed by atoms with E-state index in [4.69, 9.17) is 16.6 Å². The molecule has 0 aliphatic carbocycles. The Morgan fingerprint density at radius 2 is 1.89 bits per heavy atom. The highest BCUT2D eigenvalue weighted by Gasteiger charge is 2.38. The number of carbonyl (C=O) groups excluding carboxylic acids is 4. The quantitative estimate of drug-likeness (QED) is 0.147. The second kappa shape index (κ2) is 12.5. The molecule has 2 rings (SSSR count). The maximum absolute atomic E-state index is 12.9. The van der Waals surface area contributed by atoms with Gasteiger partial charge in [-0.1, -0.05) is 0 Å². The second-order valence-corrected chi connectivity index (χ2v) is 8.14. The van der Waals surface area contributed by atoms with Crippen LogP contribution in [-0.2, 0) is 35.2 Å². The van der Waals surface area contributed by atoms with E-state index in [1.807, 2.05) is 0 Å². The molecule has 1 fully saturated rings. The van der Waals surface area contributed by atoms with Crippen molar-refractivity contribution in [3.8, 4) is 0 Å². The van der Waals surface area contributed by atoms with Gasteiger partial charge in [-0.25, -0.2) is 9.78 Å². The summed E-state index contributed by atoms with van der Waals surface area (Å²) in [6.07, 6.45) is 2.40. The number of likely N-dealkylation sites (tertiary alicyclic amines) is 1. The number of nitrogens with zero attached hydrogens (tertiary/aromatic N) is 2. The molecule has 15 nitrogen and oxygen atoms in total. The van der Waals surface area contributed by atoms with Crippen molar-refractivity contribution in [2.75, 3.05) is 6.54 Å². The summed E-state index contributed by atoms with van der Waals surface area (Å²) < 4.78 is 0. The summed E-state index contributed by atoms with van der Waals surface area (Å²) >= 11 is 0. The van der Waals surface area contributed by atoms with E-state index >= 15 is 0 Å². The number of aliphatic carboxylic acids is 2. The van der Waals surface area contributed by atoms with Crippen molar-refractivity contribution >= 4 is 35.6 Å². The van der Waals surface area contributed by atoms with Gasteiger partial charge in [0.05, 0.1) is 18.8 Å². The average molecular weight is 495 g/mol. The van der Waals surface area contributed by atoms with E-state index < -0.39 is 66.2 Å². The first-order valence-electron chi connectivity index (χ1n) is 10.9. The van der Waals surface area contributed by atoms with Gasteiger partial charge in [-0.15, -0.1) is 0 Å². The topological polar surface area (TPSA) is 251 Å². The molecule has 192 valence electrons. The molecular weight excluding hydrogens is 466 g/mol. The maximum Gasteiger partial charge on any atom is 0.326 e. The predicted octanol–water partition coefficient (Wildman–Crippen LogP) is -2.94. The van der Waals surface area contributed by atoms with Gasteiger partial charge < -0.3 is 42.2 Å². The fourth-order valence-corrected chi connectivity index (χ4v) is 3.70. The first-order valence-corrected chi connectivity index (χ1v) is 10.9. The largest absolute Gasteiger partial charge is 0.481 e. The second-order valence-electron chi connectivity index (χ2n) is 8.14. The van der Waals surface area contributed by atoms with Crippen LogP contribution >= 0.6 is 0 Å². The number of imidazole rings is 1. The van der Waals surface area contributed by atoms with Crippen molar-refractivity contribution in [3.05, 3.63) is 18.2 Å². The van der Waals surface area contributed by atoms with Gasteiger partial charge >= 0.3 is 11.9 Å². The van der Waals surface area contributed by atoms with Gasteiger partial charge in [0.1, 0.15) is 18.1 Å². The maximum atomic E-state index is 12.9. The number of carboxylic acid groups (broad SMARTS) is 2. The summed E-state index contributed by atoms with van der Waals surface area (Å²) in [6.45, 7) is 0.248. The molecule has 0 spiro atoms. The van der Waals surface area contributed by atoms with Crippen molar-refractivity contribution in [2.45, 2.75) is 62.7 Å². The molecule has 0 radical (unpaired) electrons. The van der Waals surface area contributed by atoms with E-state index in [1.54, 1.807) is 0 Å². The molecule has 0 aromatic carbocycles. The molecule has 35 heavy (non-hydrogen) atoms. The van der Waals surface area contributed by atoms with Crippen LogP contribution in [0.1, 0.15) is 37.8 Å². The molecule has 0 bridgehead atoms. The van der Waals surface area contributed by atoms with E-state index in [2.05, 4.69) is 20.6 Å². The lowest BCUT2D eigenvalue weighted by Gasteiger charge is -2.28. The Labute approximate surface area is 199 Å². The van der Waals surface area contributed by atoms with Crippen molar-refractivity contribution in [2.24, 2.45) is 11.5 Å². The number of hydrogen-bond acceptors (Lipinski definition) is 8. The van der Waals surface area contributed by atoms with Crippen LogP contribution in [0.5, 0.6) is 0 Å². The van der Waals surface area contributed by atoms with Crippen LogP contribution in [0.25, 0.3) is 0 Å². The third kappa shape index (κ3) is 8.06. The van der Waals surface area contributed by atoms with Gasteiger partial charge in [-0.3, -0.25) is 24.0 Å². The summed E-state index contributed by atoms with van der Waals surface area (Å²) in [6, 6.07) is -5.08. The number of aromatic amines is 1. The Morgan fingerprint density at radius 3 is 2.46 bits per heavy atom. The molecule has 2 heterocycles. The Kier molecular flexibility index (Phi) is 9.69. The fourth-order valence-electron chi connectivity index (χ4n) is 3.70. The van der Waals surface area contributed by atoms with Crippen molar-refractivity contribution in [1.82, 2.24) is 25.5 Å². The molecule has 1 aromatic rings. The van der Waals surface area contributed by atoms with Gasteiger partial charge in [-0.2, -0.15) is 0 Å². The van der Waals surface area contributed by atoms with Gasteiger partial charge in [0.15, 0.2) is 0 Å². The highest BCUT2D eigenvalue weighted by atomic mass is 16.4. The lowest BCUT2D eigenvalue weighted by atomic mass is 10.1. The first kappa shape index (κ1) is 27.2. The molecule has 9 N–H and O–H groups in total. The SMILES string of the molecule is NC(=O)CCC(NC(=O)C(CC(=O)O)NC(=O)C1CCCN1C(=O)C(N)Cc1cnc[nH]1)C(=O)O. The van der Waals surface area contributed by atoms with Crippen molar-refractivity contribution in [3.63, 3.8) is 0 Å². The molecule has 4 amide bonds. The van der Waals surface area contributed by atoms with E-state index in [-0.39, 0.29) is 32.2 Å². The zero-order valence-corrected chi connectivity index (χ0v) is 18.8. The van der Waals surface area contributed by atoms with E-state index in [0.717, 1.165) is 0 Å². The predicted molar refractivity (Wildman–Crippen MR) is 117 cm³/mol. The zero-order chi connectivity index (χ0) is 26.1. The number of rotatable bonds is 13. The van der Waals surface area contributed by atoms with Gasteiger partial charge in [0, 0.05) is 31.3 Å². The minimum atomic E-state index is -1.62. The van der Waals surface area contributed by atoms with E-state index in [9.17, 15) is 33.9 Å². The normalized spacial score (nSPS) is 17.7. The van der Waals surface area contributed by atoms with Gasteiger partial charge in [0.2, 0.25) is 23.6 Å². The number of primary amides is 1. The molecular formula is C20H29N7O8. The van der Waals surface area contributed by atoms with Gasteiger partial charge in [-0.05, 0) is 19.3 Å².